The summed E-state index contributed by atoms with van der Waals surface area (Å²) < 4.78 is 0. The molecule has 1 aromatic carbocycles. The molecule has 4 heteroatoms. The molecule has 2 aliphatic rings. The van der Waals surface area contributed by atoms with Crippen LogP contribution in [0.3, 0.4) is 0 Å². The second-order valence-corrected chi connectivity index (χ2v) is 5.81. The van der Waals surface area contributed by atoms with E-state index in [0.717, 1.165) is 24.9 Å². The Morgan fingerprint density at radius 1 is 1.25 bits per heavy atom. The lowest BCUT2D eigenvalue weighted by molar-refractivity contribution is -0.126. The first kappa shape index (κ1) is 13.2. The van der Waals surface area contributed by atoms with Crippen molar-refractivity contribution < 1.29 is 10.2 Å². The Balaban J connectivity index is 1.68. The van der Waals surface area contributed by atoms with Gasteiger partial charge in [-0.2, -0.15) is 4.90 Å². The number of rotatable bonds is 3. The molecule has 0 unspecified atom stereocenters. The standard InChI is InChI=1S/C16H21N3O/c17-15-10-9-14(13-7-2-1-3-8-13)19(15)16(20)18-11-12-5-4-6-12/h1-3,7-8,12,14,17H,4-6,9-11H2,(H,18,20)/p+1/t14-/m0/s1. The molecule has 1 aliphatic heterocycles. The second-order valence-electron chi connectivity index (χ2n) is 5.81. The summed E-state index contributed by atoms with van der Waals surface area (Å²) in [5.74, 6) is 1.35. The van der Waals surface area contributed by atoms with Crippen LogP contribution in [0.2, 0.25) is 0 Å². The van der Waals surface area contributed by atoms with Crippen molar-refractivity contribution in [2.75, 3.05) is 6.54 Å². The van der Waals surface area contributed by atoms with Gasteiger partial charge in [0.15, 0.2) is 0 Å². The van der Waals surface area contributed by atoms with Crippen LogP contribution >= 0.6 is 0 Å². The molecule has 0 spiro atoms. The third-order valence-corrected chi connectivity index (χ3v) is 4.46. The summed E-state index contributed by atoms with van der Waals surface area (Å²) >= 11 is 0. The van der Waals surface area contributed by atoms with E-state index in [2.05, 4.69) is 17.4 Å². The SMILES string of the molecule is [NH2+]=C1CC[C@@H](c2ccccc2)N1C(=O)NCC1CCC1. The van der Waals surface area contributed by atoms with Crippen LogP contribution in [0.25, 0.3) is 0 Å². The van der Waals surface area contributed by atoms with Crippen LogP contribution in [0.1, 0.15) is 43.7 Å². The van der Waals surface area contributed by atoms with Crippen molar-refractivity contribution in [3.8, 4) is 0 Å². The van der Waals surface area contributed by atoms with Crippen LogP contribution in [0, 0.1) is 5.92 Å². The van der Waals surface area contributed by atoms with Gasteiger partial charge < -0.3 is 5.32 Å². The van der Waals surface area contributed by atoms with E-state index in [9.17, 15) is 4.79 Å². The minimum absolute atomic E-state index is 0.0410. The Morgan fingerprint density at radius 2 is 2.00 bits per heavy atom. The van der Waals surface area contributed by atoms with Crippen molar-refractivity contribution in [2.45, 2.75) is 38.1 Å². The van der Waals surface area contributed by atoms with Crippen LogP contribution in [-0.4, -0.2) is 23.3 Å². The molecule has 0 aromatic heterocycles. The van der Waals surface area contributed by atoms with Gasteiger partial charge in [0, 0.05) is 13.0 Å². The number of hydrogen-bond acceptors (Lipinski definition) is 1. The van der Waals surface area contributed by atoms with Gasteiger partial charge in [-0.3, -0.25) is 5.41 Å². The molecular weight excluding hydrogens is 250 g/mol. The number of likely N-dealkylation sites (tertiary alicyclic amines) is 1. The monoisotopic (exact) mass is 272 g/mol. The lowest BCUT2D eigenvalue weighted by atomic mass is 9.85. The minimum atomic E-state index is -0.0410. The van der Waals surface area contributed by atoms with Crippen LogP contribution < -0.4 is 10.7 Å². The summed E-state index contributed by atoms with van der Waals surface area (Å²) in [5.41, 5.74) is 1.16. The van der Waals surface area contributed by atoms with E-state index < -0.39 is 0 Å². The number of nitrogens with one attached hydrogen (secondary N) is 1. The number of amides is 2. The molecule has 1 atom stereocenters. The molecule has 1 saturated heterocycles. The fourth-order valence-corrected chi connectivity index (χ4v) is 3.01. The zero-order valence-electron chi connectivity index (χ0n) is 11.7. The molecule has 3 N–H and O–H groups in total. The van der Waals surface area contributed by atoms with Crippen molar-refractivity contribution >= 4 is 11.9 Å². The Labute approximate surface area is 119 Å². The first-order valence-electron chi connectivity index (χ1n) is 7.49. The molecule has 1 aromatic rings. The number of benzene rings is 1. The lowest BCUT2D eigenvalue weighted by Crippen LogP contribution is -2.53. The van der Waals surface area contributed by atoms with E-state index in [0.29, 0.717) is 11.8 Å². The molecule has 0 radical (unpaired) electrons. The molecule has 2 fully saturated rings. The highest BCUT2D eigenvalue weighted by Gasteiger charge is 2.41. The van der Waals surface area contributed by atoms with Crippen LogP contribution in [0.5, 0.6) is 0 Å². The Morgan fingerprint density at radius 3 is 2.65 bits per heavy atom. The highest BCUT2D eigenvalue weighted by molar-refractivity contribution is 5.96. The first-order valence-corrected chi connectivity index (χ1v) is 7.49. The molecular formula is C16H22N3O+. The van der Waals surface area contributed by atoms with E-state index in [4.69, 9.17) is 5.41 Å². The fraction of sp³-hybridized carbons (Fsp3) is 0.500. The van der Waals surface area contributed by atoms with Crippen molar-refractivity contribution in [1.29, 1.82) is 0 Å². The average Bonchev–Trinajstić information content (AvgIpc) is 2.80. The normalized spacial score (nSPS) is 22.7. The van der Waals surface area contributed by atoms with Gasteiger partial charge in [0.05, 0.1) is 6.42 Å². The van der Waals surface area contributed by atoms with Gasteiger partial charge >= 0.3 is 6.03 Å². The summed E-state index contributed by atoms with van der Waals surface area (Å²) in [6.07, 6.45) is 5.47. The van der Waals surface area contributed by atoms with Crippen LogP contribution in [-0.2, 0) is 0 Å². The van der Waals surface area contributed by atoms with Gasteiger partial charge in [0.25, 0.3) is 5.84 Å². The maximum atomic E-state index is 12.4. The topological polar surface area (TPSA) is 57.9 Å². The van der Waals surface area contributed by atoms with E-state index in [1.807, 2.05) is 18.2 Å². The predicted molar refractivity (Wildman–Crippen MR) is 77.9 cm³/mol. The maximum Gasteiger partial charge on any atom is 0.409 e. The molecule has 3 rings (SSSR count). The largest absolute Gasteiger partial charge is 0.409 e. The number of nitrogens with zero attached hydrogens (tertiary/aromatic N) is 1. The first-order chi connectivity index (χ1) is 9.75. The number of urea groups is 1. The smallest absolute Gasteiger partial charge is 0.318 e. The molecule has 106 valence electrons. The fourth-order valence-electron chi connectivity index (χ4n) is 3.01. The molecule has 1 saturated carbocycles. The second kappa shape index (κ2) is 5.65. The van der Waals surface area contributed by atoms with E-state index in [1.54, 1.807) is 4.90 Å². The molecule has 20 heavy (non-hydrogen) atoms. The highest BCUT2D eigenvalue weighted by Crippen LogP contribution is 2.32. The van der Waals surface area contributed by atoms with E-state index in [-0.39, 0.29) is 12.1 Å². The van der Waals surface area contributed by atoms with Crippen molar-refractivity contribution in [3.63, 3.8) is 0 Å². The van der Waals surface area contributed by atoms with Crippen LogP contribution in [0.4, 0.5) is 4.79 Å². The molecule has 1 heterocycles. The quantitative estimate of drug-likeness (QED) is 0.860. The highest BCUT2D eigenvalue weighted by atomic mass is 16.2. The zero-order valence-corrected chi connectivity index (χ0v) is 11.7. The van der Waals surface area contributed by atoms with Gasteiger partial charge in [0.1, 0.15) is 6.04 Å². The van der Waals surface area contributed by atoms with Gasteiger partial charge in [-0.05, 0) is 24.3 Å². The van der Waals surface area contributed by atoms with Gasteiger partial charge in [-0.1, -0.05) is 36.8 Å². The molecule has 1 aliphatic carbocycles. The Kier molecular flexibility index (Phi) is 3.72. The number of hydrogen-bond donors (Lipinski definition) is 2. The van der Waals surface area contributed by atoms with Crippen molar-refractivity contribution in [1.82, 2.24) is 10.2 Å². The number of carbonyl (C=O) groups excluding carboxylic acids is 1. The van der Waals surface area contributed by atoms with E-state index >= 15 is 0 Å². The van der Waals surface area contributed by atoms with Crippen LogP contribution in [0.15, 0.2) is 30.3 Å². The molecule has 0 bridgehead atoms. The van der Waals surface area contributed by atoms with Crippen molar-refractivity contribution in [2.24, 2.45) is 5.92 Å². The van der Waals surface area contributed by atoms with Crippen molar-refractivity contribution in [3.05, 3.63) is 35.9 Å². The minimum Gasteiger partial charge on any atom is -0.318 e. The Bertz CT molecular complexity index is 496. The molecule has 2 amide bonds. The third kappa shape index (κ3) is 2.55. The molecule has 4 nitrogen and oxygen atoms in total. The van der Waals surface area contributed by atoms with Gasteiger partial charge in [0.2, 0.25) is 0 Å². The summed E-state index contributed by atoms with van der Waals surface area (Å²) in [5, 5.41) is 9.09. The summed E-state index contributed by atoms with van der Waals surface area (Å²) in [6.45, 7) is 0.782. The lowest BCUT2D eigenvalue weighted by Gasteiger charge is -2.26. The summed E-state index contributed by atoms with van der Waals surface area (Å²) in [6, 6.07) is 10.2. The summed E-state index contributed by atoms with van der Waals surface area (Å²) in [7, 11) is 0. The Hall–Kier alpha value is -1.84. The number of nitrogens with two attached hydrogens (primary N) is 1. The van der Waals surface area contributed by atoms with Gasteiger partial charge in [-0.15, -0.1) is 0 Å². The van der Waals surface area contributed by atoms with E-state index in [1.165, 1.54) is 19.3 Å². The van der Waals surface area contributed by atoms with Gasteiger partial charge in [-0.25, -0.2) is 4.79 Å². The predicted octanol–water partition coefficient (Wildman–Crippen LogP) is 1.49. The maximum absolute atomic E-state index is 12.4. The zero-order chi connectivity index (χ0) is 13.9. The number of carbonyl (C=O) groups is 1. The third-order valence-electron chi connectivity index (χ3n) is 4.46. The average molecular weight is 272 g/mol. The number of amidine groups is 1. The summed E-state index contributed by atoms with van der Waals surface area (Å²) in [4.78, 5) is 14.1.